The summed E-state index contributed by atoms with van der Waals surface area (Å²) in [5.41, 5.74) is 1.20. The lowest BCUT2D eigenvalue weighted by Gasteiger charge is -2.18. The van der Waals surface area contributed by atoms with E-state index in [0.717, 1.165) is 24.6 Å². The average Bonchev–Trinajstić information content (AvgIpc) is 2.78. The zero-order valence-electron chi connectivity index (χ0n) is 11.0. The van der Waals surface area contributed by atoms with Gasteiger partial charge >= 0.3 is 0 Å². The smallest absolute Gasteiger partial charge is 0.137 e. The number of nitrogens with zero attached hydrogens (tertiary/aromatic N) is 1. The van der Waals surface area contributed by atoms with Gasteiger partial charge in [0.2, 0.25) is 0 Å². The molecule has 1 aliphatic rings. The predicted octanol–water partition coefficient (Wildman–Crippen LogP) is 2.51. The molecule has 1 fully saturated rings. The molecule has 94 valence electrons. The van der Waals surface area contributed by atoms with Gasteiger partial charge in [0.05, 0.1) is 6.20 Å². The van der Waals surface area contributed by atoms with E-state index in [1.807, 2.05) is 12.3 Å². The molecule has 2 heterocycles. The van der Waals surface area contributed by atoms with Crippen LogP contribution in [0.15, 0.2) is 18.3 Å². The van der Waals surface area contributed by atoms with E-state index >= 15 is 0 Å². The van der Waals surface area contributed by atoms with Crippen LogP contribution in [0.3, 0.4) is 0 Å². The fourth-order valence-corrected chi connectivity index (χ4v) is 2.01. The minimum atomic E-state index is 0.103. The lowest BCUT2D eigenvalue weighted by Crippen LogP contribution is -2.28. The highest BCUT2D eigenvalue weighted by atomic mass is 16.5. The summed E-state index contributed by atoms with van der Waals surface area (Å²) in [5.74, 6) is 0.867. The summed E-state index contributed by atoms with van der Waals surface area (Å²) >= 11 is 0. The number of hydrogen-bond acceptors (Lipinski definition) is 3. The van der Waals surface area contributed by atoms with E-state index < -0.39 is 0 Å². The highest BCUT2D eigenvalue weighted by molar-refractivity contribution is 5.23. The number of hydrogen-bond donors (Lipinski definition) is 1. The van der Waals surface area contributed by atoms with Crippen LogP contribution in [-0.4, -0.2) is 24.2 Å². The van der Waals surface area contributed by atoms with E-state index in [-0.39, 0.29) is 5.41 Å². The molecule has 0 bridgehead atoms. The third kappa shape index (κ3) is 3.43. The van der Waals surface area contributed by atoms with Crippen LogP contribution in [0.1, 0.15) is 39.3 Å². The standard InChI is InChI=1S/C14H22N2O/c1-14(2,3)13-7-6-12(9-16-13)17-10-11-5-4-8-15-11/h6-7,9,11,15H,4-5,8,10H2,1-3H3/t11-/m0/s1. The van der Waals surface area contributed by atoms with E-state index in [2.05, 4.69) is 37.1 Å². The van der Waals surface area contributed by atoms with Crippen LogP contribution in [0, 0.1) is 0 Å². The molecule has 0 aliphatic carbocycles. The molecule has 3 nitrogen and oxygen atoms in total. The molecule has 1 saturated heterocycles. The molecular formula is C14H22N2O. The van der Waals surface area contributed by atoms with E-state index in [9.17, 15) is 0 Å². The molecule has 0 radical (unpaired) electrons. The van der Waals surface area contributed by atoms with E-state index in [0.29, 0.717) is 6.04 Å². The van der Waals surface area contributed by atoms with Crippen molar-refractivity contribution in [2.45, 2.75) is 45.1 Å². The Morgan fingerprint density at radius 1 is 1.41 bits per heavy atom. The summed E-state index contributed by atoms with van der Waals surface area (Å²) in [7, 11) is 0. The Kier molecular flexibility index (Phi) is 3.67. The second kappa shape index (κ2) is 5.05. The molecule has 0 aromatic carbocycles. The first kappa shape index (κ1) is 12.4. The minimum absolute atomic E-state index is 0.103. The van der Waals surface area contributed by atoms with Crippen LogP contribution in [0.2, 0.25) is 0 Å². The SMILES string of the molecule is CC(C)(C)c1ccc(OC[C@@H]2CCCN2)cn1. The summed E-state index contributed by atoms with van der Waals surface area (Å²) in [6, 6.07) is 4.58. The number of aromatic nitrogens is 1. The van der Waals surface area contributed by atoms with Crippen LogP contribution in [0.25, 0.3) is 0 Å². The monoisotopic (exact) mass is 234 g/mol. The maximum absolute atomic E-state index is 5.73. The maximum Gasteiger partial charge on any atom is 0.137 e. The van der Waals surface area contributed by atoms with Crippen LogP contribution in [0.5, 0.6) is 5.75 Å². The van der Waals surface area contributed by atoms with Gasteiger partial charge in [-0.1, -0.05) is 20.8 Å². The summed E-state index contributed by atoms with van der Waals surface area (Å²) < 4.78 is 5.73. The molecule has 1 aromatic rings. The molecule has 1 atom stereocenters. The summed E-state index contributed by atoms with van der Waals surface area (Å²) in [6.07, 6.45) is 4.30. The third-order valence-electron chi connectivity index (χ3n) is 3.12. The van der Waals surface area contributed by atoms with Gasteiger partial charge in [-0.2, -0.15) is 0 Å². The van der Waals surface area contributed by atoms with Gasteiger partial charge in [-0.05, 0) is 31.5 Å². The first-order valence-electron chi connectivity index (χ1n) is 6.38. The average molecular weight is 234 g/mol. The molecule has 1 aliphatic heterocycles. The number of ether oxygens (including phenoxy) is 1. The fraction of sp³-hybridized carbons (Fsp3) is 0.643. The largest absolute Gasteiger partial charge is 0.490 e. The van der Waals surface area contributed by atoms with Gasteiger partial charge in [0.15, 0.2) is 0 Å². The quantitative estimate of drug-likeness (QED) is 0.872. The number of nitrogens with one attached hydrogen (secondary N) is 1. The highest BCUT2D eigenvalue weighted by Gasteiger charge is 2.16. The molecule has 1 N–H and O–H groups in total. The molecule has 0 amide bonds. The van der Waals surface area contributed by atoms with Crippen molar-refractivity contribution in [2.24, 2.45) is 0 Å². The van der Waals surface area contributed by atoms with Crippen molar-refractivity contribution in [3.8, 4) is 5.75 Å². The molecule has 0 unspecified atom stereocenters. The molecule has 0 spiro atoms. The second-order valence-corrected chi connectivity index (χ2v) is 5.73. The lowest BCUT2D eigenvalue weighted by atomic mass is 9.92. The first-order valence-corrected chi connectivity index (χ1v) is 6.38. The minimum Gasteiger partial charge on any atom is -0.490 e. The van der Waals surface area contributed by atoms with Gasteiger partial charge in [-0.25, -0.2) is 0 Å². The topological polar surface area (TPSA) is 34.1 Å². The normalized spacial score (nSPS) is 20.5. The Morgan fingerprint density at radius 3 is 2.76 bits per heavy atom. The van der Waals surface area contributed by atoms with E-state index in [4.69, 9.17) is 4.74 Å². The van der Waals surface area contributed by atoms with Crippen molar-refractivity contribution in [2.75, 3.05) is 13.2 Å². The Balaban J connectivity index is 1.89. The zero-order chi connectivity index (χ0) is 12.3. The van der Waals surface area contributed by atoms with E-state index in [1.165, 1.54) is 12.8 Å². The Morgan fingerprint density at radius 2 is 2.24 bits per heavy atom. The van der Waals surface area contributed by atoms with Crippen molar-refractivity contribution in [1.29, 1.82) is 0 Å². The third-order valence-corrected chi connectivity index (χ3v) is 3.12. The lowest BCUT2D eigenvalue weighted by molar-refractivity contribution is 0.276. The second-order valence-electron chi connectivity index (χ2n) is 5.73. The first-order chi connectivity index (χ1) is 8.05. The molecular weight excluding hydrogens is 212 g/mol. The van der Waals surface area contributed by atoms with E-state index in [1.54, 1.807) is 0 Å². The Bertz CT molecular complexity index is 347. The van der Waals surface area contributed by atoms with Gasteiger partial charge in [0.25, 0.3) is 0 Å². The number of rotatable bonds is 3. The van der Waals surface area contributed by atoms with Gasteiger partial charge in [-0.15, -0.1) is 0 Å². The summed E-state index contributed by atoms with van der Waals surface area (Å²) in [4.78, 5) is 4.45. The van der Waals surface area contributed by atoms with Crippen LogP contribution >= 0.6 is 0 Å². The molecule has 2 rings (SSSR count). The predicted molar refractivity (Wildman–Crippen MR) is 69.5 cm³/mol. The van der Waals surface area contributed by atoms with Gasteiger partial charge in [0, 0.05) is 17.2 Å². The van der Waals surface area contributed by atoms with Crippen molar-refractivity contribution >= 4 is 0 Å². The van der Waals surface area contributed by atoms with Crippen LogP contribution in [-0.2, 0) is 5.41 Å². The molecule has 0 saturated carbocycles. The van der Waals surface area contributed by atoms with Crippen molar-refractivity contribution < 1.29 is 4.74 Å². The van der Waals surface area contributed by atoms with Crippen LogP contribution in [0.4, 0.5) is 0 Å². The van der Waals surface area contributed by atoms with Gasteiger partial charge < -0.3 is 10.1 Å². The van der Waals surface area contributed by atoms with Crippen molar-refractivity contribution in [1.82, 2.24) is 10.3 Å². The van der Waals surface area contributed by atoms with Gasteiger partial charge in [0.1, 0.15) is 12.4 Å². The zero-order valence-corrected chi connectivity index (χ0v) is 11.0. The fourth-order valence-electron chi connectivity index (χ4n) is 2.01. The van der Waals surface area contributed by atoms with Crippen molar-refractivity contribution in [3.05, 3.63) is 24.0 Å². The Hall–Kier alpha value is -1.09. The summed E-state index contributed by atoms with van der Waals surface area (Å²) in [5, 5.41) is 3.42. The Labute approximate surface area is 104 Å². The molecule has 1 aromatic heterocycles. The van der Waals surface area contributed by atoms with Crippen LogP contribution < -0.4 is 10.1 Å². The highest BCUT2D eigenvalue weighted by Crippen LogP contribution is 2.21. The molecule has 3 heteroatoms. The van der Waals surface area contributed by atoms with Crippen molar-refractivity contribution in [3.63, 3.8) is 0 Å². The van der Waals surface area contributed by atoms with Gasteiger partial charge in [-0.3, -0.25) is 4.98 Å². The molecule has 17 heavy (non-hydrogen) atoms. The maximum atomic E-state index is 5.73. The number of pyridine rings is 1. The summed E-state index contributed by atoms with van der Waals surface area (Å²) in [6.45, 7) is 8.36.